The van der Waals surface area contributed by atoms with Crippen LogP contribution in [0.25, 0.3) is 0 Å². The smallest absolute Gasteiger partial charge is 0.229 e. The third-order valence-electron chi connectivity index (χ3n) is 3.48. The molecule has 0 radical (unpaired) electrons. The Bertz CT molecular complexity index is 903. The molecular formula is C17H18Cl2N2O4S. The molecule has 0 aliphatic carbocycles. The Kier molecular flexibility index (Phi) is 6.88. The zero-order valence-electron chi connectivity index (χ0n) is 13.9. The lowest BCUT2D eigenvalue weighted by atomic mass is 10.1. The number of amides is 1. The molecule has 0 saturated carbocycles. The number of hydrogen-bond acceptors (Lipinski definition) is 4. The second kappa shape index (κ2) is 8.73. The van der Waals surface area contributed by atoms with E-state index in [1.165, 1.54) is 6.07 Å². The fourth-order valence-corrected chi connectivity index (χ4v) is 3.43. The van der Waals surface area contributed by atoms with Gasteiger partial charge in [0, 0.05) is 22.2 Å². The van der Waals surface area contributed by atoms with E-state index in [1.54, 1.807) is 36.4 Å². The van der Waals surface area contributed by atoms with Gasteiger partial charge in [0.2, 0.25) is 15.9 Å². The highest BCUT2D eigenvalue weighted by Gasteiger charge is 2.15. The van der Waals surface area contributed by atoms with Crippen molar-refractivity contribution in [1.29, 1.82) is 0 Å². The molecule has 1 atom stereocenters. The van der Waals surface area contributed by atoms with Crippen LogP contribution >= 0.6 is 23.2 Å². The second-order valence-electron chi connectivity index (χ2n) is 5.69. The summed E-state index contributed by atoms with van der Waals surface area (Å²) in [7, 11) is -3.45. The highest BCUT2D eigenvalue weighted by Crippen LogP contribution is 2.26. The Morgan fingerprint density at radius 2 is 1.88 bits per heavy atom. The number of carbonyl (C=O) groups excluding carboxylic acids is 1. The van der Waals surface area contributed by atoms with E-state index >= 15 is 0 Å². The van der Waals surface area contributed by atoms with Gasteiger partial charge in [0.25, 0.3) is 0 Å². The normalized spacial score (nSPS) is 12.5. The van der Waals surface area contributed by atoms with Crippen LogP contribution < -0.4 is 10.0 Å². The number of anilines is 1. The highest BCUT2D eigenvalue weighted by atomic mass is 35.5. The summed E-state index contributed by atoms with van der Waals surface area (Å²) in [5.41, 5.74) is 1.32. The van der Waals surface area contributed by atoms with Gasteiger partial charge in [-0.15, -0.1) is 0 Å². The fourth-order valence-electron chi connectivity index (χ4n) is 2.30. The van der Waals surface area contributed by atoms with Crippen molar-refractivity contribution in [3.8, 4) is 0 Å². The van der Waals surface area contributed by atoms with Gasteiger partial charge in [0.15, 0.2) is 0 Å². The molecule has 0 aromatic heterocycles. The van der Waals surface area contributed by atoms with Crippen molar-refractivity contribution in [1.82, 2.24) is 5.32 Å². The van der Waals surface area contributed by atoms with E-state index in [0.29, 0.717) is 26.9 Å². The highest BCUT2D eigenvalue weighted by molar-refractivity contribution is 7.92. The lowest BCUT2D eigenvalue weighted by molar-refractivity contribution is -0.120. The molecular weight excluding hydrogens is 399 g/mol. The molecule has 2 aromatic carbocycles. The summed E-state index contributed by atoms with van der Waals surface area (Å²) in [6.45, 7) is -0.0398. The van der Waals surface area contributed by atoms with Crippen molar-refractivity contribution < 1.29 is 18.3 Å². The van der Waals surface area contributed by atoms with Crippen molar-refractivity contribution in [2.75, 3.05) is 17.5 Å². The van der Waals surface area contributed by atoms with Crippen molar-refractivity contribution in [3.05, 3.63) is 63.6 Å². The van der Waals surface area contributed by atoms with Crippen LogP contribution in [0.2, 0.25) is 10.0 Å². The minimum absolute atomic E-state index is 0.0398. The maximum absolute atomic E-state index is 12.2. The minimum Gasteiger partial charge on any atom is -0.387 e. The fraction of sp³-hybridized carbons (Fsp3) is 0.235. The van der Waals surface area contributed by atoms with Crippen LogP contribution in [0.1, 0.15) is 17.2 Å². The minimum atomic E-state index is -3.45. The molecule has 0 spiro atoms. The predicted molar refractivity (Wildman–Crippen MR) is 103 cm³/mol. The van der Waals surface area contributed by atoms with Gasteiger partial charge in [-0.1, -0.05) is 47.5 Å². The van der Waals surface area contributed by atoms with Crippen LogP contribution in [-0.2, 0) is 21.2 Å². The number of aliphatic hydroxyl groups excluding tert-OH is 1. The van der Waals surface area contributed by atoms with Gasteiger partial charge in [-0.2, -0.15) is 0 Å². The summed E-state index contributed by atoms with van der Waals surface area (Å²) >= 11 is 11.8. The maximum Gasteiger partial charge on any atom is 0.229 e. The van der Waals surface area contributed by atoms with E-state index in [-0.39, 0.29) is 18.9 Å². The van der Waals surface area contributed by atoms with E-state index in [9.17, 15) is 18.3 Å². The number of halogens is 2. The summed E-state index contributed by atoms with van der Waals surface area (Å²) in [6, 6.07) is 11.3. The number of hydrogen-bond donors (Lipinski definition) is 3. The van der Waals surface area contributed by atoms with Gasteiger partial charge in [-0.05, 0) is 23.8 Å². The van der Waals surface area contributed by atoms with E-state index in [0.717, 1.165) is 6.26 Å². The molecule has 2 rings (SSSR count). The van der Waals surface area contributed by atoms with Gasteiger partial charge < -0.3 is 10.4 Å². The number of nitrogens with one attached hydrogen (secondary N) is 2. The molecule has 0 bridgehead atoms. The summed E-state index contributed by atoms with van der Waals surface area (Å²) in [6.07, 6.45) is 0.00337. The molecule has 0 aliphatic rings. The molecule has 2 aromatic rings. The lowest BCUT2D eigenvalue weighted by Crippen LogP contribution is -2.30. The zero-order valence-corrected chi connectivity index (χ0v) is 16.2. The standard InChI is InChI=1S/C17H18Cl2N2O4S/c1-26(24,25)21-15-5-3-2-4-11(15)8-17(23)20-10-16(22)13-7-6-12(18)9-14(13)19/h2-7,9,16,21-22H,8,10H2,1H3,(H,20,23). The third-order valence-corrected chi connectivity index (χ3v) is 4.63. The first-order valence-corrected chi connectivity index (χ1v) is 10.3. The van der Waals surface area contributed by atoms with Crippen LogP contribution in [0, 0.1) is 0 Å². The van der Waals surface area contributed by atoms with Gasteiger partial charge in [0.1, 0.15) is 0 Å². The number of benzene rings is 2. The summed E-state index contributed by atoms with van der Waals surface area (Å²) < 4.78 is 25.2. The molecule has 6 nitrogen and oxygen atoms in total. The molecule has 140 valence electrons. The Balaban J connectivity index is 1.99. The number of para-hydroxylation sites is 1. The molecule has 1 unspecified atom stereocenters. The predicted octanol–water partition coefficient (Wildman–Crippen LogP) is 2.76. The first kappa shape index (κ1) is 20.5. The van der Waals surface area contributed by atoms with E-state index < -0.39 is 16.1 Å². The van der Waals surface area contributed by atoms with Crippen LogP contribution in [-0.4, -0.2) is 32.2 Å². The number of aliphatic hydroxyl groups is 1. The number of carbonyl (C=O) groups is 1. The van der Waals surface area contributed by atoms with Crippen LogP contribution in [0.3, 0.4) is 0 Å². The van der Waals surface area contributed by atoms with Crippen molar-refractivity contribution in [2.24, 2.45) is 0 Å². The monoisotopic (exact) mass is 416 g/mol. The Morgan fingerprint density at radius 3 is 2.54 bits per heavy atom. The maximum atomic E-state index is 12.2. The average molecular weight is 417 g/mol. The third kappa shape index (κ3) is 6.17. The summed E-state index contributed by atoms with van der Waals surface area (Å²) in [5.74, 6) is -0.364. The largest absolute Gasteiger partial charge is 0.387 e. The van der Waals surface area contributed by atoms with Gasteiger partial charge >= 0.3 is 0 Å². The van der Waals surface area contributed by atoms with Crippen molar-refractivity contribution in [3.63, 3.8) is 0 Å². The molecule has 0 aliphatic heterocycles. The van der Waals surface area contributed by atoms with E-state index in [1.807, 2.05) is 0 Å². The number of sulfonamides is 1. The van der Waals surface area contributed by atoms with Gasteiger partial charge in [-0.3, -0.25) is 9.52 Å². The zero-order chi connectivity index (χ0) is 19.3. The van der Waals surface area contributed by atoms with Gasteiger partial charge in [0.05, 0.1) is 24.5 Å². The van der Waals surface area contributed by atoms with Crippen molar-refractivity contribution >= 4 is 44.8 Å². The average Bonchev–Trinajstić information content (AvgIpc) is 2.53. The molecule has 9 heteroatoms. The molecule has 0 saturated heterocycles. The second-order valence-corrected chi connectivity index (χ2v) is 8.29. The van der Waals surface area contributed by atoms with Crippen LogP contribution in [0.15, 0.2) is 42.5 Å². The Hall–Kier alpha value is -1.80. The molecule has 1 amide bonds. The Labute approximate surface area is 162 Å². The first-order valence-electron chi connectivity index (χ1n) is 7.61. The molecule has 0 heterocycles. The number of rotatable bonds is 7. The van der Waals surface area contributed by atoms with E-state index in [4.69, 9.17) is 23.2 Å². The van der Waals surface area contributed by atoms with Crippen LogP contribution in [0.4, 0.5) is 5.69 Å². The first-order chi connectivity index (χ1) is 12.2. The summed E-state index contributed by atoms with van der Waals surface area (Å²) in [5, 5.41) is 13.5. The SMILES string of the molecule is CS(=O)(=O)Nc1ccccc1CC(=O)NCC(O)c1ccc(Cl)cc1Cl. The molecule has 3 N–H and O–H groups in total. The lowest BCUT2D eigenvalue weighted by Gasteiger charge is -2.15. The summed E-state index contributed by atoms with van der Waals surface area (Å²) in [4.78, 5) is 12.2. The van der Waals surface area contributed by atoms with E-state index in [2.05, 4.69) is 10.0 Å². The van der Waals surface area contributed by atoms with Gasteiger partial charge in [-0.25, -0.2) is 8.42 Å². The van der Waals surface area contributed by atoms with Crippen LogP contribution in [0.5, 0.6) is 0 Å². The Morgan fingerprint density at radius 1 is 1.19 bits per heavy atom. The molecule has 0 fully saturated rings. The molecule has 26 heavy (non-hydrogen) atoms. The quantitative estimate of drug-likeness (QED) is 0.646. The van der Waals surface area contributed by atoms with Crippen molar-refractivity contribution in [2.45, 2.75) is 12.5 Å². The topological polar surface area (TPSA) is 95.5 Å².